The summed E-state index contributed by atoms with van der Waals surface area (Å²) in [7, 11) is 0. The molecule has 76 valence electrons. The Labute approximate surface area is 83.8 Å². The van der Waals surface area contributed by atoms with Gasteiger partial charge >= 0.3 is 0 Å². The average molecular weight is 192 g/mol. The van der Waals surface area contributed by atoms with Crippen molar-refractivity contribution in [2.45, 2.75) is 19.8 Å². The fourth-order valence-corrected chi connectivity index (χ4v) is 1.22. The fourth-order valence-electron chi connectivity index (χ4n) is 1.22. The molecule has 0 aliphatic carbocycles. The molecule has 1 rings (SSSR count). The van der Waals surface area contributed by atoms with E-state index >= 15 is 0 Å². The maximum absolute atomic E-state index is 10.1. The first-order valence-corrected chi connectivity index (χ1v) is 4.69. The molecule has 0 fully saturated rings. The van der Waals surface area contributed by atoms with Crippen molar-refractivity contribution in [1.82, 2.24) is 0 Å². The topological polar surface area (TPSA) is 52.2 Å². The third-order valence-corrected chi connectivity index (χ3v) is 1.90. The number of aryl methyl sites for hydroxylation is 1. The largest absolute Gasteiger partial charge is 0.550 e. The Balaban J connectivity index is 2.28. The minimum atomic E-state index is -0.990. The number of carbonyl (C=O) groups is 1. The van der Waals surface area contributed by atoms with Gasteiger partial charge in [0.15, 0.2) is 0 Å². The van der Waals surface area contributed by atoms with Gasteiger partial charge in [-0.1, -0.05) is 12.1 Å². The summed E-state index contributed by atoms with van der Waals surface area (Å²) in [5, 5.41) is 13.3. The molecule has 0 amide bonds. The van der Waals surface area contributed by atoms with Crippen LogP contribution < -0.4 is 10.4 Å². The number of carboxylic acid groups (broad SMARTS) is 1. The number of carboxylic acids is 1. The van der Waals surface area contributed by atoms with Crippen LogP contribution >= 0.6 is 0 Å². The van der Waals surface area contributed by atoms with Gasteiger partial charge in [0, 0.05) is 18.2 Å². The van der Waals surface area contributed by atoms with E-state index in [0.29, 0.717) is 13.0 Å². The molecule has 0 spiro atoms. The van der Waals surface area contributed by atoms with Gasteiger partial charge in [0.1, 0.15) is 0 Å². The van der Waals surface area contributed by atoms with Crippen LogP contribution in [0.25, 0.3) is 0 Å². The lowest BCUT2D eigenvalue weighted by Gasteiger charge is -2.07. The molecule has 3 heteroatoms. The second kappa shape index (κ2) is 5.27. The minimum Gasteiger partial charge on any atom is -0.550 e. The summed E-state index contributed by atoms with van der Waals surface area (Å²) in [4.78, 5) is 10.1. The lowest BCUT2D eigenvalue weighted by atomic mass is 10.2. The van der Waals surface area contributed by atoms with Crippen LogP contribution in [0.15, 0.2) is 24.3 Å². The highest BCUT2D eigenvalue weighted by Gasteiger charge is 1.92. The molecule has 0 aliphatic heterocycles. The number of anilines is 1. The van der Waals surface area contributed by atoms with Crippen LogP contribution in [0.4, 0.5) is 5.69 Å². The van der Waals surface area contributed by atoms with E-state index in [9.17, 15) is 9.90 Å². The molecule has 1 N–H and O–H groups in total. The molecular weight excluding hydrogens is 178 g/mol. The van der Waals surface area contributed by atoms with E-state index in [0.717, 1.165) is 5.69 Å². The predicted molar refractivity (Wildman–Crippen MR) is 53.9 cm³/mol. The Morgan fingerprint density at radius 3 is 2.93 bits per heavy atom. The van der Waals surface area contributed by atoms with E-state index in [1.54, 1.807) is 0 Å². The molecular formula is C11H14NO2-. The van der Waals surface area contributed by atoms with Gasteiger partial charge in [0.05, 0.1) is 0 Å². The van der Waals surface area contributed by atoms with Crippen LogP contribution in [0, 0.1) is 6.92 Å². The second-order valence-electron chi connectivity index (χ2n) is 3.27. The van der Waals surface area contributed by atoms with Gasteiger partial charge in [-0.3, -0.25) is 0 Å². The third-order valence-electron chi connectivity index (χ3n) is 1.90. The Morgan fingerprint density at radius 1 is 1.50 bits per heavy atom. The maximum Gasteiger partial charge on any atom is 0.0415 e. The standard InChI is InChI=1S/C11H15NO2/c1-9-4-2-5-10(8-9)12-7-3-6-11(13)14/h2,4-5,8,12H,3,6-7H2,1H3,(H,13,14)/p-1. The molecule has 1 aromatic rings. The zero-order valence-electron chi connectivity index (χ0n) is 8.25. The molecule has 0 saturated carbocycles. The van der Waals surface area contributed by atoms with Crippen molar-refractivity contribution < 1.29 is 9.90 Å². The van der Waals surface area contributed by atoms with Crippen LogP contribution in [0.5, 0.6) is 0 Å². The molecule has 14 heavy (non-hydrogen) atoms. The summed E-state index contributed by atoms with van der Waals surface area (Å²) < 4.78 is 0. The number of hydrogen-bond donors (Lipinski definition) is 1. The summed E-state index contributed by atoms with van der Waals surface area (Å²) in [6, 6.07) is 7.98. The van der Waals surface area contributed by atoms with Crippen molar-refractivity contribution in [3.63, 3.8) is 0 Å². The lowest BCUT2D eigenvalue weighted by Crippen LogP contribution is -2.22. The van der Waals surface area contributed by atoms with Crippen molar-refractivity contribution >= 4 is 11.7 Å². The Morgan fingerprint density at radius 2 is 2.29 bits per heavy atom. The molecule has 0 radical (unpaired) electrons. The SMILES string of the molecule is Cc1cccc(NCCCC(=O)[O-])c1. The first-order chi connectivity index (χ1) is 6.68. The van der Waals surface area contributed by atoms with Gasteiger partial charge in [-0.15, -0.1) is 0 Å². The van der Waals surface area contributed by atoms with Gasteiger partial charge < -0.3 is 15.2 Å². The molecule has 3 nitrogen and oxygen atoms in total. The number of aliphatic carboxylic acids is 1. The smallest absolute Gasteiger partial charge is 0.0415 e. The van der Waals surface area contributed by atoms with E-state index in [1.165, 1.54) is 5.56 Å². The van der Waals surface area contributed by atoms with Crippen molar-refractivity contribution in [2.75, 3.05) is 11.9 Å². The zero-order valence-corrected chi connectivity index (χ0v) is 8.25. The number of benzene rings is 1. The van der Waals surface area contributed by atoms with Gasteiger partial charge in [-0.05, 0) is 37.5 Å². The average Bonchev–Trinajstić information content (AvgIpc) is 2.12. The number of nitrogens with one attached hydrogen (secondary N) is 1. The zero-order chi connectivity index (χ0) is 10.4. The second-order valence-corrected chi connectivity index (χ2v) is 3.27. The van der Waals surface area contributed by atoms with Crippen LogP contribution in [0.2, 0.25) is 0 Å². The van der Waals surface area contributed by atoms with E-state index in [2.05, 4.69) is 5.32 Å². The molecule has 1 aromatic carbocycles. The maximum atomic E-state index is 10.1. The number of rotatable bonds is 5. The Kier molecular flexibility index (Phi) is 3.98. The normalized spacial score (nSPS) is 9.79. The molecule has 0 aliphatic rings. The van der Waals surface area contributed by atoms with E-state index in [-0.39, 0.29) is 6.42 Å². The molecule has 0 saturated heterocycles. The van der Waals surface area contributed by atoms with Crippen LogP contribution in [0.1, 0.15) is 18.4 Å². The van der Waals surface area contributed by atoms with E-state index < -0.39 is 5.97 Å². The lowest BCUT2D eigenvalue weighted by molar-refractivity contribution is -0.305. The third kappa shape index (κ3) is 3.94. The fraction of sp³-hybridized carbons (Fsp3) is 0.364. The monoisotopic (exact) mass is 192 g/mol. The molecule has 0 bridgehead atoms. The van der Waals surface area contributed by atoms with Gasteiger partial charge in [-0.2, -0.15) is 0 Å². The highest BCUT2D eigenvalue weighted by atomic mass is 16.4. The van der Waals surface area contributed by atoms with Crippen molar-refractivity contribution in [1.29, 1.82) is 0 Å². The quantitative estimate of drug-likeness (QED) is 0.706. The Hall–Kier alpha value is -1.51. The molecule has 0 aromatic heterocycles. The highest BCUT2D eigenvalue weighted by molar-refractivity contribution is 5.64. The minimum absolute atomic E-state index is 0.110. The summed E-state index contributed by atoms with van der Waals surface area (Å²) in [6.45, 7) is 2.68. The highest BCUT2D eigenvalue weighted by Crippen LogP contribution is 2.09. The van der Waals surface area contributed by atoms with E-state index in [1.807, 2.05) is 31.2 Å². The van der Waals surface area contributed by atoms with Crippen LogP contribution in [-0.2, 0) is 4.79 Å². The van der Waals surface area contributed by atoms with Crippen LogP contribution in [-0.4, -0.2) is 12.5 Å². The van der Waals surface area contributed by atoms with Gasteiger partial charge in [-0.25, -0.2) is 0 Å². The molecule has 0 unspecified atom stereocenters. The number of carbonyl (C=O) groups excluding carboxylic acids is 1. The van der Waals surface area contributed by atoms with Crippen molar-refractivity contribution in [3.05, 3.63) is 29.8 Å². The molecule has 0 atom stereocenters. The van der Waals surface area contributed by atoms with Gasteiger partial charge in [0.25, 0.3) is 0 Å². The molecule has 0 heterocycles. The van der Waals surface area contributed by atoms with Crippen molar-refractivity contribution in [3.8, 4) is 0 Å². The Bertz CT molecular complexity index is 310. The number of hydrogen-bond acceptors (Lipinski definition) is 3. The first kappa shape index (κ1) is 10.6. The summed E-state index contributed by atoms with van der Waals surface area (Å²) >= 11 is 0. The summed E-state index contributed by atoms with van der Waals surface area (Å²) in [6.07, 6.45) is 0.703. The predicted octanol–water partition coefficient (Wildman–Crippen LogP) is 0.937. The van der Waals surface area contributed by atoms with E-state index in [4.69, 9.17) is 0 Å². The first-order valence-electron chi connectivity index (χ1n) is 4.69. The summed E-state index contributed by atoms with van der Waals surface area (Å²) in [5.74, 6) is -0.990. The van der Waals surface area contributed by atoms with Crippen molar-refractivity contribution in [2.24, 2.45) is 0 Å². The van der Waals surface area contributed by atoms with Crippen LogP contribution in [0.3, 0.4) is 0 Å². The summed E-state index contributed by atoms with van der Waals surface area (Å²) in [5.41, 5.74) is 2.22. The van der Waals surface area contributed by atoms with Gasteiger partial charge in [0.2, 0.25) is 0 Å².